The molecule has 2 atom stereocenters. The molecule has 88 valence electrons. The summed E-state index contributed by atoms with van der Waals surface area (Å²) in [5.74, 6) is 2.68. The summed E-state index contributed by atoms with van der Waals surface area (Å²) in [6.45, 7) is 3.33. The van der Waals surface area contributed by atoms with Crippen LogP contribution < -0.4 is 10.1 Å². The highest BCUT2D eigenvalue weighted by Gasteiger charge is 2.20. The zero-order valence-corrected chi connectivity index (χ0v) is 11.1. The molecule has 16 heavy (non-hydrogen) atoms. The Morgan fingerprint density at radius 1 is 1.50 bits per heavy atom. The van der Waals surface area contributed by atoms with Gasteiger partial charge in [0.25, 0.3) is 0 Å². The molecule has 4 heteroatoms. The Kier molecular flexibility index (Phi) is 4.00. The molecule has 0 amide bonds. The molecule has 1 fully saturated rings. The molecule has 0 spiro atoms. The average Bonchev–Trinajstić information content (AvgIpc) is 2.30. The Morgan fingerprint density at radius 3 is 2.88 bits per heavy atom. The van der Waals surface area contributed by atoms with Crippen LogP contribution in [0.3, 0.4) is 0 Å². The summed E-state index contributed by atoms with van der Waals surface area (Å²) >= 11 is 8.05. The van der Waals surface area contributed by atoms with Crippen molar-refractivity contribution in [3.05, 3.63) is 28.8 Å². The fourth-order valence-electron chi connectivity index (χ4n) is 1.75. The molecule has 0 saturated carbocycles. The Labute approximate surface area is 106 Å². The number of hydrogen-bond donors (Lipinski definition) is 1. The SMILES string of the molecule is COc1ccc(C2NCC(C)CS2)cc1Cl. The van der Waals surface area contributed by atoms with Crippen LogP contribution in [0.4, 0.5) is 0 Å². The van der Waals surface area contributed by atoms with E-state index in [4.69, 9.17) is 16.3 Å². The van der Waals surface area contributed by atoms with E-state index in [0.29, 0.717) is 10.4 Å². The molecule has 2 nitrogen and oxygen atoms in total. The van der Waals surface area contributed by atoms with E-state index in [1.54, 1.807) is 7.11 Å². The van der Waals surface area contributed by atoms with Gasteiger partial charge in [0.15, 0.2) is 0 Å². The maximum Gasteiger partial charge on any atom is 0.137 e. The van der Waals surface area contributed by atoms with Crippen LogP contribution in [0.1, 0.15) is 17.9 Å². The summed E-state index contributed by atoms with van der Waals surface area (Å²) in [7, 11) is 1.64. The van der Waals surface area contributed by atoms with Gasteiger partial charge in [0.05, 0.1) is 17.5 Å². The van der Waals surface area contributed by atoms with E-state index in [9.17, 15) is 0 Å². The third kappa shape index (κ3) is 2.65. The third-order valence-corrected chi connectivity index (χ3v) is 4.51. The van der Waals surface area contributed by atoms with Crippen molar-refractivity contribution in [2.24, 2.45) is 5.92 Å². The van der Waals surface area contributed by atoms with E-state index < -0.39 is 0 Å². The first-order valence-corrected chi connectivity index (χ1v) is 6.82. The average molecular weight is 258 g/mol. The molecule has 1 aromatic carbocycles. The summed E-state index contributed by atoms with van der Waals surface area (Å²) < 4.78 is 5.15. The monoisotopic (exact) mass is 257 g/mol. The zero-order valence-electron chi connectivity index (χ0n) is 9.50. The number of methoxy groups -OCH3 is 1. The van der Waals surface area contributed by atoms with Crippen molar-refractivity contribution in [3.63, 3.8) is 0 Å². The van der Waals surface area contributed by atoms with Gasteiger partial charge in [-0.2, -0.15) is 0 Å². The first-order valence-electron chi connectivity index (χ1n) is 5.39. The minimum atomic E-state index is 0.361. The van der Waals surface area contributed by atoms with Gasteiger partial charge >= 0.3 is 0 Å². The molecule has 0 bridgehead atoms. The van der Waals surface area contributed by atoms with E-state index in [-0.39, 0.29) is 0 Å². The molecule has 1 heterocycles. The minimum absolute atomic E-state index is 0.361. The predicted molar refractivity (Wildman–Crippen MR) is 70.4 cm³/mol. The highest BCUT2D eigenvalue weighted by molar-refractivity contribution is 7.99. The normalized spacial score (nSPS) is 25.4. The number of rotatable bonds is 2. The molecular weight excluding hydrogens is 242 g/mol. The molecular formula is C12H16ClNOS. The summed E-state index contributed by atoms with van der Waals surface area (Å²) in [5.41, 5.74) is 1.22. The lowest BCUT2D eigenvalue weighted by atomic mass is 10.1. The van der Waals surface area contributed by atoms with Crippen LogP contribution in [0.5, 0.6) is 5.75 Å². The van der Waals surface area contributed by atoms with E-state index in [2.05, 4.69) is 18.3 Å². The number of ether oxygens (including phenoxy) is 1. The standard InChI is InChI=1S/C12H16ClNOS/c1-8-6-14-12(16-7-8)9-3-4-11(15-2)10(13)5-9/h3-5,8,12,14H,6-7H2,1-2H3. The first kappa shape index (κ1) is 12.1. The van der Waals surface area contributed by atoms with Crippen molar-refractivity contribution >= 4 is 23.4 Å². The molecule has 1 saturated heterocycles. The summed E-state index contributed by atoms with van der Waals surface area (Å²) in [6.07, 6.45) is 0. The van der Waals surface area contributed by atoms with E-state index in [0.717, 1.165) is 18.2 Å². The van der Waals surface area contributed by atoms with E-state index in [1.165, 1.54) is 11.3 Å². The Hall–Kier alpha value is -0.380. The lowest BCUT2D eigenvalue weighted by molar-refractivity contribution is 0.414. The second-order valence-electron chi connectivity index (χ2n) is 4.12. The molecule has 1 aliphatic rings. The van der Waals surface area contributed by atoms with Crippen molar-refractivity contribution in [3.8, 4) is 5.75 Å². The molecule has 0 aromatic heterocycles. The number of thioether (sulfide) groups is 1. The Balaban J connectivity index is 2.12. The van der Waals surface area contributed by atoms with Crippen LogP contribution in [0.25, 0.3) is 0 Å². The summed E-state index contributed by atoms with van der Waals surface area (Å²) in [4.78, 5) is 0. The zero-order chi connectivity index (χ0) is 11.5. The van der Waals surface area contributed by atoms with Gasteiger partial charge in [-0.15, -0.1) is 11.8 Å². The van der Waals surface area contributed by atoms with Crippen LogP contribution in [-0.4, -0.2) is 19.4 Å². The van der Waals surface area contributed by atoms with Gasteiger partial charge in [0.2, 0.25) is 0 Å². The Bertz CT molecular complexity index is 364. The highest BCUT2D eigenvalue weighted by atomic mass is 35.5. The second kappa shape index (κ2) is 5.30. The topological polar surface area (TPSA) is 21.3 Å². The molecule has 0 aliphatic carbocycles. The highest BCUT2D eigenvalue weighted by Crippen LogP contribution is 2.35. The van der Waals surface area contributed by atoms with Crippen LogP contribution in [-0.2, 0) is 0 Å². The van der Waals surface area contributed by atoms with Gasteiger partial charge < -0.3 is 10.1 Å². The number of nitrogens with one attached hydrogen (secondary N) is 1. The van der Waals surface area contributed by atoms with Gasteiger partial charge in [-0.25, -0.2) is 0 Å². The fraction of sp³-hybridized carbons (Fsp3) is 0.500. The third-order valence-electron chi connectivity index (χ3n) is 2.68. The van der Waals surface area contributed by atoms with Crippen molar-refractivity contribution in [1.29, 1.82) is 0 Å². The Morgan fingerprint density at radius 2 is 2.31 bits per heavy atom. The molecule has 2 unspecified atom stereocenters. The van der Waals surface area contributed by atoms with Crippen LogP contribution >= 0.6 is 23.4 Å². The van der Waals surface area contributed by atoms with Gasteiger partial charge in [-0.05, 0) is 35.9 Å². The van der Waals surface area contributed by atoms with Crippen LogP contribution in [0.2, 0.25) is 5.02 Å². The summed E-state index contributed by atoms with van der Waals surface area (Å²) in [6, 6.07) is 5.99. The second-order valence-corrected chi connectivity index (χ2v) is 5.67. The maximum absolute atomic E-state index is 6.12. The van der Waals surface area contributed by atoms with E-state index in [1.807, 2.05) is 23.9 Å². The molecule has 0 radical (unpaired) electrons. The van der Waals surface area contributed by atoms with Crippen molar-refractivity contribution in [2.75, 3.05) is 19.4 Å². The quantitative estimate of drug-likeness (QED) is 0.878. The van der Waals surface area contributed by atoms with Crippen LogP contribution in [0, 0.1) is 5.92 Å². The van der Waals surface area contributed by atoms with Crippen molar-refractivity contribution in [2.45, 2.75) is 12.3 Å². The van der Waals surface area contributed by atoms with Crippen molar-refractivity contribution < 1.29 is 4.74 Å². The maximum atomic E-state index is 6.12. The summed E-state index contributed by atoms with van der Waals surface area (Å²) in [5, 5.41) is 4.56. The molecule has 1 aromatic rings. The van der Waals surface area contributed by atoms with Gasteiger partial charge in [0.1, 0.15) is 5.75 Å². The molecule has 2 rings (SSSR count). The van der Waals surface area contributed by atoms with Crippen molar-refractivity contribution in [1.82, 2.24) is 5.32 Å². The molecule has 1 N–H and O–H groups in total. The number of hydrogen-bond acceptors (Lipinski definition) is 3. The smallest absolute Gasteiger partial charge is 0.137 e. The van der Waals surface area contributed by atoms with Gasteiger partial charge in [-0.3, -0.25) is 0 Å². The minimum Gasteiger partial charge on any atom is -0.495 e. The first-order chi connectivity index (χ1) is 7.70. The molecule has 1 aliphatic heterocycles. The number of benzene rings is 1. The number of halogens is 1. The largest absolute Gasteiger partial charge is 0.495 e. The predicted octanol–water partition coefficient (Wildman–Crippen LogP) is 3.32. The van der Waals surface area contributed by atoms with Gasteiger partial charge in [0, 0.05) is 0 Å². The fourth-order valence-corrected chi connectivity index (χ4v) is 3.20. The van der Waals surface area contributed by atoms with E-state index >= 15 is 0 Å². The van der Waals surface area contributed by atoms with Crippen LogP contribution in [0.15, 0.2) is 18.2 Å². The van der Waals surface area contributed by atoms with Gasteiger partial charge in [-0.1, -0.05) is 24.6 Å². The lowest BCUT2D eigenvalue weighted by Gasteiger charge is -2.27. The lowest BCUT2D eigenvalue weighted by Crippen LogP contribution is -2.31.